The van der Waals surface area contributed by atoms with E-state index in [1.807, 2.05) is 0 Å². The van der Waals surface area contributed by atoms with Gasteiger partial charge in [-0.1, -0.05) is 190 Å². The molecule has 0 amide bonds. The molecule has 0 fully saturated rings. The van der Waals surface area contributed by atoms with Gasteiger partial charge in [0.2, 0.25) is 0 Å². The second kappa shape index (κ2) is 49.1. The Morgan fingerprint density at radius 1 is 0.481 bits per heavy atom. The Kier molecular flexibility index (Phi) is 49.6. The average molecular weight is 1180 g/mol. The highest BCUT2D eigenvalue weighted by Crippen LogP contribution is 2.27. The van der Waals surface area contributed by atoms with Crippen LogP contribution in [0.4, 0.5) is 0 Å². The lowest BCUT2D eigenvalue weighted by Gasteiger charge is -2.31. The number of aliphatic hydroxyl groups excluding tert-OH is 2. The van der Waals surface area contributed by atoms with Crippen molar-refractivity contribution < 1.29 is 57.1 Å². The van der Waals surface area contributed by atoms with Crippen LogP contribution in [0.25, 0.3) is 0 Å². The fourth-order valence-corrected chi connectivity index (χ4v) is 15.3. The Hall–Kier alpha value is -1.25. The quantitative estimate of drug-likeness (QED) is 0.0196. The zero-order chi connectivity index (χ0) is 60.0. The lowest BCUT2D eigenvalue weighted by molar-refractivity contribution is -0.177. The fourth-order valence-electron chi connectivity index (χ4n) is 8.80. The standard InChI is InChI=1S/C47H92O6.C17H38O6Si3/c1-10-11-12-13-16-21-26-32-42(33-31-36-50-39-43(48)40-53-44(49)41(2)3)45(51-37-29-24-19-14-17-22-27-34-46(4,5)6)52-38-30-25-20-15-18-23-28-35-47(7,8)9;1-14(2)16(19)21-13-15(18)12-20-10-9-11-24-17(22-25(3,4)5)23-26(6,7)8/h42-43,45,48H,2,10-40H2,1,3-9H3;15,17-18H,1,9-13,24H2,2-8H3. The maximum Gasteiger partial charge on any atom is 0.333 e. The zero-order valence-electron chi connectivity index (χ0n) is 54.4. The van der Waals surface area contributed by atoms with Crippen LogP contribution in [0.15, 0.2) is 24.3 Å². The summed E-state index contributed by atoms with van der Waals surface area (Å²) in [6, 6.07) is 1.07. The Balaban J connectivity index is 0. The van der Waals surface area contributed by atoms with Crippen molar-refractivity contribution in [3.05, 3.63) is 24.3 Å². The Labute approximate surface area is 492 Å². The molecule has 0 aromatic heterocycles. The molecular formula is C64H130O12Si3. The van der Waals surface area contributed by atoms with Gasteiger partial charge in [-0.25, -0.2) is 9.59 Å². The van der Waals surface area contributed by atoms with Gasteiger partial charge in [-0.2, -0.15) is 0 Å². The number of rotatable bonds is 52. The SMILES string of the molecule is C=C(C)C(=O)OCC(O)COCCCC(CCCCCCCCC)C(OCCCCCCCCCC(C)(C)C)OCCCCCCCCCC(C)(C)C.C=C(C)C(=O)OCC(O)COCCC[SiH2]C(O[Si](C)(C)C)O[Si](C)(C)C. The number of carbonyl (C=O) groups excluding carboxylic acids is 2. The molecular weight excluding hydrogens is 1040 g/mol. The molecule has 0 bridgehead atoms. The van der Waals surface area contributed by atoms with Crippen molar-refractivity contribution in [2.45, 2.75) is 305 Å². The molecule has 0 radical (unpaired) electrons. The largest absolute Gasteiger partial charge is 0.460 e. The van der Waals surface area contributed by atoms with Crippen LogP contribution < -0.4 is 0 Å². The highest BCUT2D eigenvalue weighted by Gasteiger charge is 2.27. The van der Waals surface area contributed by atoms with E-state index in [1.165, 1.54) is 135 Å². The van der Waals surface area contributed by atoms with E-state index in [1.54, 1.807) is 13.8 Å². The van der Waals surface area contributed by atoms with Crippen molar-refractivity contribution in [1.82, 2.24) is 0 Å². The van der Waals surface area contributed by atoms with E-state index < -0.39 is 50.3 Å². The van der Waals surface area contributed by atoms with Gasteiger partial charge in [0.05, 0.1) is 22.7 Å². The number of unbranched alkanes of at least 4 members (excludes halogenated alkanes) is 18. The normalized spacial score (nSPS) is 13.7. The van der Waals surface area contributed by atoms with Crippen LogP contribution in [0.5, 0.6) is 0 Å². The predicted molar refractivity (Wildman–Crippen MR) is 340 cm³/mol. The van der Waals surface area contributed by atoms with E-state index in [4.69, 9.17) is 37.3 Å². The molecule has 15 heteroatoms. The molecule has 0 aliphatic heterocycles. The first kappa shape index (κ1) is 79.8. The van der Waals surface area contributed by atoms with E-state index in [9.17, 15) is 19.8 Å². The predicted octanol–water partition coefficient (Wildman–Crippen LogP) is 16.2. The van der Waals surface area contributed by atoms with Crippen molar-refractivity contribution in [3.8, 4) is 0 Å². The van der Waals surface area contributed by atoms with Gasteiger partial charge in [0.25, 0.3) is 0 Å². The van der Waals surface area contributed by atoms with Crippen LogP contribution in [0.2, 0.25) is 45.3 Å². The first-order chi connectivity index (χ1) is 37.0. The highest BCUT2D eigenvalue weighted by atomic mass is 28.4. The van der Waals surface area contributed by atoms with Crippen molar-refractivity contribution in [2.24, 2.45) is 16.7 Å². The van der Waals surface area contributed by atoms with E-state index in [-0.39, 0.29) is 38.6 Å². The molecule has 0 aliphatic rings. The topological polar surface area (TPSA) is 148 Å². The van der Waals surface area contributed by atoms with E-state index in [2.05, 4.69) is 101 Å². The smallest absolute Gasteiger partial charge is 0.333 e. The third-order valence-corrected chi connectivity index (χ3v) is 17.5. The molecule has 0 saturated heterocycles. The van der Waals surface area contributed by atoms with Crippen molar-refractivity contribution in [3.63, 3.8) is 0 Å². The van der Waals surface area contributed by atoms with Gasteiger partial charge in [-0.15, -0.1) is 0 Å². The van der Waals surface area contributed by atoms with Crippen LogP contribution >= 0.6 is 0 Å². The molecule has 0 spiro atoms. The van der Waals surface area contributed by atoms with Crippen molar-refractivity contribution >= 4 is 38.1 Å². The summed E-state index contributed by atoms with van der Waals surface area (Å²) < 4.78 is 46.9. The summed E-state index contributed by atoms with van der Waals surface area (Å²) in [4.78, 5) is 22.9. The molecule has 0 rings (SSSR count). The van der Waals surface area contributed by atoms with Gasteiger partial charge in [0.15, 0.2) is 22.9 Å². The molecule has 0 heterocycles. The second-order valence-corrected chi connectivity index (χ2v) is 38.0. The number of carbonyl (C=O) groups is 2. The summed E-state index contributed by atoms with van der Waals surface area (Å²) >= 11 is 0. The monoisotopic (exact) mass is 1170 g/mol. The van der Waals surface area contributed by atoms with Gasteiger partial charge in [0.1, 0.15) is 31.3 Å². The van der Waals surface area contributed by atoms with Crippen molar-refractivity contribution in [1.29, 1.82) is 0 Å². The lowest BCUT2D eigenvalue weighted by atomic mass is 9.89. The summed E-state index contributed by atoms with van der Waals surface area (Å²) in [5.41, 5.74) is 1.55. The highest BCUT2D eigenvalue weighted by molar-refractivity contribution is 6.71. The first-order valence-corrected chi connectivity index (χ1v) is 40.4. The van der Waals surface area contributed by atoms with Crippen LogP contribution in [-0.4, -0.2) is 126 Å². The minimum Gasteiger partial charge on any atom is -0.460 e. The molecule has 0 aromatic carbocycles. The van der Waals surface area contributed by atoms with Gasteiger partial charge in [0, 0.05) is 43.5 Å². The van der Waals surface area contributed by atoms with Crippen LogP contribution in [0.3, 0.4) is 0 Å². The fraction of sp³-hybridized carbons (Fsp3) is 0.906. The van der Waals surface area contributed by atoms with Crippen molar-refractivity contribution in [2.75, 3.05) is 52.9 Å². The third-order valence-electron chi connectivity index (χ3n) is 13.2. The molecule has 79 heavy (non-hydrogen) atoms. The Morgan fingerprint density at radius 3 is 1.22 bits per heavy atom. The van der Waals surface area contributed by atoms with E-state index in [0.29, 0.717) is 41.1 Å². The Bertz CT molecular complexity index is 1420. The van der Waals surface area contributed by atoms with Crippen LogP contribution in [0, 0.1) is 16.7 Å². The van der Waals surface area contributed by atoms with Gasteiger partial charge < -0.3 is 47.5 Å². The summed E-state index contributed by atoms with van der Waals surface area (Å²) in [6.07, 6.45) is 31.8. The third kappa shape index (κ3) is 59.7. The molecule has 470 valence electrons. The molecule has 0 aliphatic carbocycles. The summed E-state index contributed by atoms with van der Waals surface area (Å²) in [7, 11) is -3.74. The number of hydrogen-bond donors (Lipinski definition) is 2. The minimum absolute atomic E-state index is 0.000443. The molecule has 2 N–H and O–H groups in total. The number of aliphatic hydroxyl groups is 2. The van der Waals surface area contributed by atoms with E-state index >= 15 is 0 Å². The molecule has 12 nitrogen and oxygen atoms in total. The molecule has 0 saturated carbocycles. The number of esters is 2. The second-order valence-electron chi connectivity index (χ2n) is 27.1. The molecule has 0 aromatic rings. The lowest BCUT2D eigenvalue weighted by Crippen LogP contribution is -2.43. The molecule has 3 atom stereocenters. The summed E-state index contributed by atoms with van der Waals surface area (Å²) in [5, 5.41) is 19.9. The number of ether oxygens (including phenoxy) is 6. The average Bonchev–Trinajstić information content (AvgIpc) is 3.33. The van der Waals surface area contributed by atoms with Crippen LogP contribution in [-0.2, 0) is 46.9 Å². The Morgan fingerprint density at radius 2 is 0.835 bits per heavy atom. The summed E-state index contributed by atoms with van der Waals surface area (Å²) in [5.74, 6) is -0.644. The minimum atomic E-state index is -1.62. The van der Waals surface area contributed by atoms with Gasteiger partial charge in [-0.05, 0) is 115 Å². The summed E-state index contributed by atoms with van der Waals surface area (Å²) in [6.45, 7) is 42.5. The maximum atomic E-state index is 11.6. The first-order valence-electron chi connectivity index (χ1n) is 31.8. The zero-order valence-corrected chi connectivity index (χ0v) is 57.9. The van der Waals surface area contributed by atoms with Crippen LogP contribution in [0.1, 0.15) is 236 Å². The molecule has 3 unspecified atom stereocenters. The number of hydrogen-bond acceptors (Lipinski definition) is 12. The van der Waals surface area contributed by atoms with E-state index in [0.717, 1.165) is 57.8 Å². The van der Waals surface area contributed by atoms with Gasteiger partial charge >= 0.3 is 11.9 Å². The maximum absolute atomic E-state index is 11.6. The van der Waals surface area contributed by atoms with Gasteiger partial charge in [-0.3, -0.25) is 0 Å².